The van der Waals surface area contributed by atoms with E-state index in [1.165, 1.54) is 0 Å². The van der Waals surface area contributed by atoms with Gasteiger partial charge >= 0.3 is 0 Å². The van der Waals surface area contributed by atoms with Crippen molar-refractivity contribution in [3.8, 4) is 22.5 Å². The van der Waals surface area contributed by atoms with E-state index in [4.69, 9.17) is 4.42 Å². The Balaban J connectivity index is 1.76. The number of fused-ring (bicyclic) bond motifs is 1. The van der Waals surface area contributed by atoms with Crippen LogP contribution >= 0.6 is 0 Å². The molecule has 30 heavy (non-hydrogen) atoms. The lowest BCUT2D eigenvalue weighted by Gasteiger charge is -2.17. The molecule has 0 bridgehead atoms. The van der Waals surface area contributed by atoms with Crippen LogP contribution in [-0.4, -0.2) is 40.0 Å². The van der Waals surface area contributed by atoms with Crippen molar-refractivity contribution in [1.82, 2.24) is 14.9 Å². The van der Waals surface area contributed by atoms with Crippen molar-refractivity contribution in [2.75, 3.05) is 14.1 Å². The third kappa shape index (κ3) is 3.69. The molecule has 1 N–H and O–H groups in total. The summed E-state index contributed by atoms with van der Waals surface area (Å²) in [6, 6.07) is 14.8. The molecule has 3 heterocycles. The summed E-state index contributed by atoms with van der Waals surface area (Å²) in [6.07, 6.45) is 3.42. The van der Waals surface area contributed by atoms with E-state index in [1.807, 2.05) is 36.4 Å². The molecule has 0 saturated heterocycles. The molecule has 6 nitrogen and oxygen atoms in total. The molecule has 0 spiro atoms. The summed E-state index contributed by atoms with van der Waals surface area (Å²) in [5.41, 5.74) is 4.18. The van der Waals surface area contributed by atoms with Crippen molar-refractivity contribution < 1.29 is 14.3 Å². The highest BCUT2D eigenvalue weighted by molar-refractivity contribution is 5.95. The Morgan fingerprint density at radius 1 is 0.967 bits per heavy atom. The second-order valence-electron chi connectivity index (χ2n) is 7.95. The summed E-state index contributed by atoms with van der Waals surface area (Å²) < 4.78 is 6.17. The van der Waals surface area contributed by atoms with Crippen LogP contribution in [0.4, 0.5) is 0 Å². The molecular formula is C24H23N3O3. The first-order valence-corrected chi connectivity index (χ1v) is 9.64. The van der Waals surface area contributed by atoms with Crippen LogP contribution in [0.15, 0.2) is 65.3 Å². The maximum Gasteiger partial charge on any atom is 0.253 e. The summed E-state index contributed by atoms with van der Waals surface area (Å²) in [4.78, 5) is 22.4. The Kier molecular flexibility index (Phi) is 4.87. The van der Waals surface area contributed by atoms with Crippen LogP contribution in [0.25, 0.3) is 33.6 Å². The molecule has 4 rings (SSSR count). The molecule has 6 heteroatoms. The number of rotatable bonds is 4. The van der Waals surface area contributed by atoms with Crippen molar-refractivity contribution in [3.05, 3.63) is 72.2 Å². The van der Waals surface area contributed by atoms with Gasteiger partial charge in [-0.25, -0.2) is 0 Å². The lowest BCUT2D eigenvalue weighted by molar-refractivity contribution is 0.0739. The zero-order chi connectivity index (χ0) is 21.5. The van der Waals surface area contributed by atoms with Crippen LogP contribution in [0.2, 0.25) is 0 Å². The number of amides is 1. The number of hydrogen-bond acceptors (Lipinski definition) is 5. The number of carbonyl (C=O) groups is 1. The molecule has 0 aliphatic carbocycles. The summed E-state index contributed by atoms with van der Waals surface area (Å²) >= 11 is 0. The third-order valence-corrected chi connectivity index (χ3v) is 4.93. The van der Waals surface area contributed by atoms with E-state index < -0.39 is 5.60 Å². The number of benzene rings is 1. The first kappa shape index (κ1) is 19.8. The lowest BCUT2D eigenvalue weighted by Crippen LogP contribution is -2.21. The minimum absolute atomic E-state index is 0.0459. The number of hydrogen-bond donors (Lipinski definition) is 1. The Morgan fingerprint density at radius 2 is 1.67 bits per heavy atom. The monoisotopic (exact) mass is 401 g/mol. The fourth-order valence-corrected chi connectivity index (χ4v) is 3.28. The summed E-state index contributed by atoms with van der Waals surface area (Å²) in [5.74, 6) is 0.626. The molecule has 1 amide bonds. The highest BCUT2D eigenvalue weighted by Gasteiger charge is 2.19. The fraction of sp³-hybridized carbons (Fsp3) is 0.208. The molecule has 0 fully saturated rings. The second kappa shape index (κ2) is 7.39. The lowest BCUT2D eigenvalue weighted by atomic mass is 10.00. The summed E-state index contributed by atoms with van der Waals surface area (Å²) in [6.45, 7) is 3.41. The van der Waals surface area contributed by atoms with E-state index in [0.717, 1.165) is 22.2 Å². The maximum absolute atomic E-state index is 12.1. The number of furan rings is 1. The molecule has 0 saturated carbocycles. The van der Waals surface area contributed by atoms with Crippen LogP contribution in [0, 0.1) is 0 Å². The van der Waals surface area contributed by atoms with Crippen molar-refractivity contribution >= 4 is 17.0 Å². The average molecular weight is 401 g/mol. The minimum Gasteiger partial charge on any atom is -0.454 e. The van der Waals surface area contributed by atoms with E-state index in [2.05, 4.69) is 9.97 Å². The predicted octanol–water partition coefficient (Wildman–Crippen LogP) is 4.49. The Labute approximate surface area is 174 Å². The molecule has 0 atom stereocenters. The zero-order valence-electron chi connectivity index (χ0n) is 17.4. The molecule has 0 radical (unpaired) electrons. The van der Waals surface area contributed by atoms with Gasteiger partial charge in [-0.3, -0.25) is 14.8 Å². The van der Waals surface area contributed by atoms with Gasteiger partial charge in [0, 0.05) is 49.2 Å². The molecule has 152 valence electrons. The van der Waals surface area contributed by atoms with E-state index >= 15 is 0 Å². The van der Waals surface area contributed by atoms with Crippen LogP contribution in [0.3, 0.4) is 0 Å². The van der Waals surface area contributed by atoms with Crippen LogP contribution in [0.5, 0.6) is 0 Å². The van der Waals surface area contributed by atoms with Gasteiger partial charge in [0.2, 0.25) is 0 Å². The zero-order valence-corrected chi connectivity index (χ0v) is 17.4. The van der Waals surface area contributed by atoms with Gasteiger partial charge in [0.25, 0.3) is 5.91 Å². The quantitative estimate of drug-likeness (QED) is 0.545. The Bertz CT molecular complexity index is 1220. The molecule has 4 aromatic rings. The van der Waals surface area contributed by atoms with Crippen LogP contribution in [0.1, 0.15) is 29.9 Å². The number of pyridine rings is 2. The number of carbonyl (C=O) groups excluding carboxylic acids is 1. The number of aliphatic hydroxyl groups is 1. The predicted molar refractivity (Wildman–Crippen MR) is 116 cm³/mol. The highest BCUT2D eigenvalue weighted by Crippen LogP contribution is 2.34. The van der Waals surface area contributed by atoms with Crippen molar-refractivity contribution in [1.29, 1.82) is 0 Å². The van der Waals surface area contributed by atoms with Gasteiger partial charge < -0.3 is 14.4 Å². The summed E-state index contributed by atoms with van der Waals surface area (Å²) in [5, 5.41) is 10.3. The highest BCUT2D eigenvalue weighted by atomic mass is 16.3. The molecule has 3 aromatic heterocycles. The maximum atomic E-state index is 12.1. The Hall–Kier alpha value is -3.51. The normalized spacial score (nSPS) is 11.6. The van der Waals surface area contributed by atoms with Gasteiger partial charge in [0.15, 0.2) is 5.58 Å². The molecule has 1 aromatic carbocycles. The smallest absolute Gasteiger partial charge is 0.253 e. The van der Waals surface area contributed by atoms with Crippen LogP contribution in [-0.2, 0) is 5.60 Å². The largest absolute Gasteiger partial charge is 0.454 e. The van der Waals surface area contributed by atoms with E-state index in [9.17, 15) is 9.90 Å². The van der Waals surface area contributed by atoms with Gasteiger partial charge in [0.05, 0.1) is 5.69 Å². The van der Waals surface area contributed by atoms with Gasteiger partial charge in [0.1, 0.15) is 16.9 Å². The van der Waals surface area contributed by atoms with Gasteiger partial charge in [-0.1, -0.05) is 12.1 Å². The van der Waals surface area contributed by atoms with Crippen molar-refractivity contribution in [2.45, 2.75) is 19.4 Å². The molecular weight excluding hydrogens is 378 g/mol. The first-order valence-electron chi connectivity index (χ1n) is 9.64. The van der Waals surface area contributed by atoms with E-state index in [-0.39, 0.29) is 5.91 Å². The van der Waals surface area contributed by atoms with Crippen molar-refractivity contribution in [2.24, 2.45) is 0 Å². The first-order chi connectivity index (χ1) is 14.2. The molecule has 0 aliphatic rings. The van der Waals surface area contributed by atoms with Gasteiger partial charge in [-0.05, 0) is 49.7 Å². The number of nitrogens with zero attached hydrogens (tertiary/aromatic N) is 3. The third-order valence-electron chi connectivity index (χ3n) is 4.93. The van der Waals surface area contributed by atoms with Gasteiger partial charge in [-0.15, -0.1) is 0 Å². The average Bonchev–Trinajstić information content (AvgIpc) is 3.17. The van der Waals surface area contributed by atoms with E-state index in [0.29, 0.717) is 22.6 Å². The van der Waals surface area contributed by atoms with E-state index in [1.54, 1.807) is 57.4 Å². The number of aromatic nitrogens is 2. The molecule has 0 aliphatic heterocycles. The summed E-state index contributed by atoms with van der Waals surface area (Å²) in [7, 11) is 3.45. The SMILES string of the molecule is CN(C)C(=O)c1ccc(-c2cc3nccc(-c4ccnc(C(C)(C)O)c4)c3o2)cc1. The minimum atomic E-state index is -1.04. The Morgan fingerprint density at radius 3 is 2.33 bits per heavy atom. The standard InChI is InChI=1S/C24H23N3O3/c1-24(2,29)21-13-17(9-11-26-21)18-10-12-25-19-14-20(30-22(18)19)15-5-7-16(8-6-15)23(28)27(3)4/h5-14,29H,1-4H3. The fourth-order valence-electron chi connectivity index (χ4n) is 3.28. The van der Waals surface area contributed by atoms with Crippen LogP contribution < -0.4 is 0 Å². The van der Waals surface area contributed by atoms with Crippen molar-refractivity contribution in [3.63, 3.8) is 0 Å². The topological polar surface area (TPSA) is 79.5 Å². The van der Waals surface area contributed by atoms with Gasteiger partial charge in [-0.2, -0.15) is 0 Å². The second-order valence-corrected chi connectivity index (χ2v) is 7.95. The molecule has 0 unspecified atom stereocenters.